The number of hydrogen-bond donors (Lipinski definition) is 0. The molecule has 1 saturated heterocycles. The Morgan fingerprint density at radius 3 is 2.83 bits per heavy atom. The molecule has 3 heterocycles. The summed E-state index contributed by atoms with van der Waals surface area (Å²) in [5.41, 5.74) is 1.02. The Bertz CT molecular complexity index is 541. The summed E-state index contributed by atoms with van der Waals surface area (Å²) in [6.07, 6.45) is 4.42. The summed E-state index contributed by atoms with van der Waals surface area (Å²) < 4.78 is 2.15. The molecule has 0 amide bonds. The first-order valence-electron chi connectivity index (χ1n) is 6.64. The van der Waals surface area contributed by atoms with E-state index in [4.69, 9.17) is 11.6 Å². The molecule has 2 aromatic rings. The van der Waals surface area contributed by atoms with Crippen LogP contribution < -0.4 is 0 Å². The fraction of sp³-hybridized carbons (Fsp3) is 0.500. The van der Waals surface area contributed by atoms with Crippen molar-refractivity contribution in [3.05, 3.63) is 35.4 Å². The van der Waals surface area contributed by atoms with E-state index in [1.54, 1.807) is 0 Å². The third-order valence-corrected chi connectivity index (χ3v) is 4.21. The molecule has 1 aliphatic rings. The Morgan fingerprint density at radius 1 is 1.33 bits per heavy atom. The lowest BCUT2D eigenvalue weighted by Gasteiger charge is -2.30. The fourth-order valence-corrected chi connectivity index (χ4v) is 3.06. The first-order valence-corrected chi connectivity index (χ1v) is 7.02. The maximum absolute atomic E-state index is 6.21. The summed E-state index contributed by atoms with van der Waals surface area (Å²) in [5, 5.41) is 0.628. The molecule has 1 fully saturated rings. The van der Waals surface area contributed by atoms with E-state index < -0.39 is 0 Å². The highest BCUT2D eigenvalue weighted by Gasteiger charge is 2.24. The van der Waals surface area contributed by atoms with E-state index in [2.05, 4.69) is 27.4 Å². The quantitative estimate of drug-likeness (QED) is 0.830. The van der Waals surface area contributed by atoms with Crippen LogP contribution in [0.2, 0.25) is 5.15 Å². The van der Waals surface area contributed by atoms with Crippen molar-refractivity contribution in [1.29, 1.82) is 0 Å². The molecule has 3 nitrogen and oxygen atoms in total. The van der Waals surface area contributed by atoms with Gasteiger partial charge >= 0.3 is 0 Å². The zero-order valence-electron chi connectivity index (χ0n) is 10.6. The van der Waals surface area contributed by atoms with Crippen LogP contribution in [0, 0.1) is 0 Å². The van der Waals surface area contributed by atoms with Gasteiger partial charge < -0.3 is 9.30 Å². The predicted octanol–water partition coefficient (Wildman–Crippen LogP) is 3.19. The SMILES string of the molecule is CCN1CCC(c2nc(Cl)c3ccccn23)CC1. The van der Waals surface area contributed by atoms with Crippen molar-refractivity contribution in [2.24, 2.45) is 0 Å². The van der Waals surface area contributed by atoms with Crippen LogP contribution in [0.3, 0.4) is 0 Å². The summed E-state index contributed by atoms with van der Waals surface area (Å²) in [7, 11) is 0. The number of pyridine rings is 1. The molecule has 18 heavy (non-hydrogen) atoms. The van der Waals surface area contributed by atoms with Gasteiger partial charge in [0.25, 0.3) is 0 Å². The summed E-state index contributed by atoms with van der Waals surface area (Å²) in [4.78, 5) is 7.07. The predicted molar refractivity (Wildman–Crippen MR) is 74.3 cm³/mol. The second-order valence-electron chi connectivity index (χ2n) is 4.93. The first-order chi connectivity index (χ1) is 8.79. The van der Waals surface area contributed by atoms with Crippen LogP contribution in [0.4, 0.5) is 0 Å². The molecular formula is C14H18ClN3. The number of nitrogens with zero attached hydrogens (tertiary/aromatic N) is 3. The van der Waals surface area contributed by atoms with Crippen LogP contribution in [0.15, 0.2) is 24.4 Å². The molecule has 0 spiro atoms. The molecule has 0 aliphatic carbocycles. The summed E-state index contributed by atoms with van der Waals surface area (Å²) in [5.74, 6) is 1.67. The molecule has 0 radical (unpaired) electrons. The van der Waals surface area contributed by atoms with Crippen molar-refractivity contribution in [2.75, 3.05) is 19.6 Å². The molecular weight excluding hydrogens is 246 g/mol. The Balaban J connectivity index is 1.91. The van der Waals surface area contributed by atoms with Crippen LogP contribution >= 0.6 is 11.6 Å². The highest BCUT2D eigenvalue weighted by Crippen LogP contribution is 2.30. The number of fused-ring (bicyclic) bond motifs is 1. The molecule has 0 aromatic carbocycles. The molecule has 0 atom stereocenters. The highest BCUT2D eigenvalue weighted by molar-refractivity contribution is 6.32. The van der Waals surface area contributed by atoms with Crippen LogP contribution in [0.25, 0.3) is 5.52 Å². The average molecular weight is 264 g/mol. The molecule has 0 bridgehead atoms. The zero-order chi connectivity index (χ0) is 12.5. The third kappa shape index (κ3) is 2.02. The second-order valence-corrected chi connectivity index (χ2v) is 5.28. The molecule has 2 aromatic heterocycles. The van der Waals surface area contributed by atoms with E-state index in [0.29, 0.717) is 11.1 Å². The maximum Gasteiger partial charge on any atom is 0.155 e. The van der Waals surface area contributed by atoms with Crippen molar-refractivity contribution in [3.8, 4) is 0 Å². The molecule has 96 valence electrons. The molecule has 0 saturated carbocycles. The first kappa shape index (κ1) is 12.0. The van der Waals surface area contributed by atoms with Gasteiger partial charge in [-0.15, -0.1) is 0 Å². The summed E-state index contributed by atoms with van der Waals surface area (Å²) in [6.45, 7) is 5.71. The van der Waals surface area contributed by atoms with E-state index in [1.165, 1.54) is 25.9 Å². The maximum atomic E-state index is 6.21. The zero-order valence-corrected chi connectivity index (χ0v) is 11.4. The van der Waals surface area contributed by atoms with E-state index in [1.807, 2.05) is 18.2 Å². The normalized spacial score (nSPS) is 18.6. The number of aromatic nitrogens is 2. The molecule has 0 N–H and O–H groups in total. The highest BCUT2D eigenvalue weighted by atomic mass is 35.5. The minimum Gasteiger partial charge on any atom is -0.304 e. The molecule has 3 rings (SSSR count). The molecule has 1 aliphatic heterocycles. The number of imidazole rings is 1. The van der Waals surface area contributed by atoms with Gasteiger partial charge in [-0.1, -0.05) is 24.6 Å². The summed E-state index contributed by atoms with van der Waals surface area (Å²) >= 11 is 6.21. The van der Waals surface area contributed by atoms with Gasteiger partial charge in [-0.05, 0) is 44.6 Å². The lowest BCUT2D eigenvalue weighted by Crippen LogP contribution is -2.33. The minimum atomic E-state index is 0.537. The van der Waals surface area contributed by atoms with Gasteiger partial charge in [-0.3, -0.25) is 0 Å². The Kier molecular flexibility index (Phi) is 3.27. The third-order valence-electron chi connectivity index (χ3n) is 3.93. The molecule has 4 heteroatoms. The number of halogens is 1. The van der Waals surface area contributed by atoms with E-state index in [9.17, 15) is 0 Å². The van der Waals surface area contributed by atoms with Gasteiger partial charge in [0.15, 0.2) is 5.15 Å². The van der Waals surface area contributed by atoms with Crippen LogP contribution in [0.1, 0.15) is 31.5 Å². The van der Waals surface area contributed by atoms with Crippen molar-refractivity contribution in [1.82, 2.24) is 14.3 Å². The molecule has 0 unspecified atom stereocenters. The second kappa shape index (κ2) is 4.90. The van der Waals surface area contributed by atoms with Crippen molar-refractivity contribution >= 4 is 17.1 Å². The van der Waals surface area contributed by atoms with Gasteiger partial charge in [0.1, 0.15) is 5.82 Å². The lowest BCUT2D eigenvalue weighted by molar-refractivity contribution is 0.219. The lowest BCUT2D eigenvalue weighted by atomic mass is 9.96. The Morgan fingerprint density at radius 2 is 2.11 bits per heavy atom. The summed E-state index contributed by atoms with van der Waals surface area (Å²) in [6, 6.07) is 6.07. The number of hydrogen-bond acceptors (Lipinski definition) is 2. The van der Waals surface area contributed by atoms with Gasteiger partial charge in [-0.2, -0.15) is 0 Å². The average Bonchev–Trinajstić information content (AvgIpc) is 2.77. The number of piperidine rings is 1. The van der Waals surface area contributed by atoms with Crippen molar-refractivity contribution in [2.45, 2.75) is 25.7 Å². The number of likely N-dealkylation sites (tertiary alicyclic amines) is 1. The Labute approximate surface area is 112 Å². The van der Waals surface area contributed by atoms with Crippen LogP contribution in [0.5, 0.6) is 0 Å². The van der Waals surface area contributed by atoms with Gasteiger partial charge in [0.05, 0.1) is 5.52 Å². The monoisotopic (exact) mass is 263 g/mol. The van der Waals surface area contributed by atoms with E-state index in [-0.39, 0.29) is 0 Å². The van der Waals surface area contributed by atoms with Gasteiger partial charge in [-0.25, -0.2) is 4.98 Å². The number of rotatable bonds is 2. The Hall–Kier alpha value is -1.06. The van der Waals surface area contributed by atoms with E-state index in [0.717, 1.165) is 17.9 Å². The van der Waals surface area contributed by atoms with Gasteiger partial charge in [0.2, 0.25) is 0 Å². The van der Waals surface area contributed by atoms with Crippen molar-refractivity contribution < 1.29 is 0 Å². The van der Waals surface area contributed by atoms with E-state index >= 15 is 0 Å². The minimum absolute atomic E-state index is 0.537. The largest absolute Gasteiger partial charge is 0.304 e. The van der Waals surface area contributed by atoms with Crippen LogP contribution in [-0.4, -0.2) is 33.9 Å². The standard InChI is InChI=1S/C14H18ClN3/c1-2-17-9-6-11(7-10-17)14-16-13(15)12-5-3-4-8-18(12)14/h3-5,8,11H,2,6-7,9-10H2,1H3. The van der Waals surface area contributed by atoms with Crippen molar-refractivity contribution in [3.63, 3.8) is 0 Å². The van der Waals surface area contributed by atoms with Gasteiger partial charge in [0, 0.05) is 12.1 Å². The van der Waals surface area contributed by atoms with Crippen LogP contribution in [-0.2, 0) is 0 Å². The topological polar surface area (TPSA) is 20.5 Å². The smallest absolute Gasteiger partial charge is 0.155 e. The fourth-order valence-electron chi connectivity index (χ4n) is 2.82.